The van der Waals surface area contributed by atoms with Crippen LogP contribution in [0.4, 0.5) is 16.2 Å². The van der Waals surface area contributed by atoms with Crippen LogP contribution in [-0.4, -0.2) is 74.3 Å². The number of aromatic nitrogens is 4. The standard InChI is InChI=1S/C31H38FN7O3/c1-38-28-10-3-2-9-26(28)36-31(38)37-27(30(40)41)13-16-39(17-18-42-25-19-23(32)20-33-21-25)15-5-4-8-24-12-11-22-7-6-14-34-29(22)35-24/h2-3,9-12,19-21,27H,4-8,13-18H2,1H3,(H,34,35)(H,36,37)(H,40,41)/t27-/m0/s1. The number of aliphatic carboxylic acids is 1. The van der Waals surface area contributed by atoms with E-state index in [2.05, 4.69) is 37.6 Å². The maximum Gasteiger partial charge on any atom is 0.326 e. The van der Waals surface area contributed by atoms with Gasteiger partial charge in [-0.25, -0.2) is 19.2 Å². The minimum Gasteiger partial charge on any atom is -0.491 e. The van der Waals surface area contributed by atoms with Crippen molar-refractivity contribution in [1.29, 1.82) is 0 Å². The number of para-hydroxylation sites is 2. The molecule has 0 aliphatic carbocycles. The Morgan fingerprint density at radius 1 is 1.17 bits per heavy atom. The third kappa shape index (κ3) is 7.73. The molecular formula is C31H38FN7O3. The monoisotopic (exact) mass is 575 g/mol. The first-order valence-electron chi connectivity index (χ1n) is 14.6. The van der Waals surface area contributed by atoms with Crippen LogP contribution in [0.1, 0.15) is 36.9 Å². The van der Waals surface area contributed by atoms with Crippen LogP contribution < -0.4 is 15.4 Å². The summed E-state index contributed by atoms with van der Waals surface area (Å²) in [7, 11) is 1.87. The fraction of sp³-hybridized carbons (Fsp3) is 0.419. The first-order valence-corrected chi connectivity index (χ1v) is 14.6. The lowest BCUT2D eigenvalue weighted by molar-refractivity contribution is -0.138. The zero-order valence-corrected chi connectivity index (χ0v) is 23.9. The summed E-state index contributed by atoms with van der Waals surface area (Å²) in [4.78, 5) is 27.6. The highest BCUT2D eigenvalue weighted by Gasteiger charge is 2.21. The minimum atomic E-state index is -0.934. The van der Waals surface area contributed by atoms with E-state index >= 15 is 0 Å². The number of unbranched alkanes of at least 4 members (excludes halogenated alkanes) is 1. The Hall–Kier alpha value is -4.25. The summed E-state index contributed by atoms with van der Waals surface area (Å²) in [6, 6.07) is 12.5. The summed E-state index contributed by atoms with van der Waals surface area (Å²) >= 11 is 0. The Morgan fingerprint density at radius 2 is 2.05 bits per heavy atom. The van der Waals surface area contributed by atoms with Gasteiger partial charge < -0.3 is 25.0 Å². The predicted molar refractivity (Wildman–Crippen MR) is 160 cm³/mol. The van der Waals surface area contributed by atoms with Gasteiger partial charge in [0, 0.05) is 38.4 Å². The summed E-state index contributed by atoms with van der Waals surface area (Å²) in [6.07, 6.45) is 7.95. The predicted octanol–water partition coefficient (Wildman–Crippen LogP) is 4.52. The Kier molecular flexibility index (Phi) is 9.81. The number of hydrogen-bond acceptors (Lipinski definition) is 8. The molecule has 0 spiro atoms. The summed E-state index contributed by atoms with van der Waals surface area (Å²) < 4.78 is 21.1. The maximum absolute atomic E-state index is 13.5. The third-order valence-electron chi connectivity index (χ3n) is 7.59. The number of anilines is 2. The van der Waals surface area contributed by atoms with Crippen LogP contribution in [0.25, 0.3) is 11.0 Å². The van der Waals surface area contributed by atoms with Crippen molar-refractivity contribution in [3.8, 4) is 5.75 Å². The first-order chi connectivity index (χ1) is 20.5. The molecule has 0 unspecified atom stereocenters. The molecule has 0 saturated heterocycles. The molecular weight excluding hydrogens is 537 g/mol. The Bertz CT molecular complexity index is 1490. The molecule has 1 aromatic carbocycles. The number of hydrogen-bond donors (Lipinski definition) is 3. The van der Waals surface area contributed by atoms with Gasteiger partial charge in [0.05, 0.1) is 23.4 Å². The molecule has 4 heterocycles. The molecule has 0 saturated carbocycles. The van der Waals surface area contributed by atoms with E-state index < -0.39 is 17.8 Å². The van der Waals surface area contributed by atoms with Gasteiger partial charge in [0.2, 0.25) is 5.95 Å². The molecule has 1 aliphatic heterocycles. The van der Waals surface area contributed by atoms with Gasteiger partial charge in [-0.2, -0.15) is 0 Å². The quantitative estimate of drug-likeness (QED) is 0.176. The van der Waals surface area contributed by atoms with Gasteiger partial charge in [-0.3, -0.25) is 9.88 Å². The fourth-order valence-electron chi connectivity index (χ4n) is 5.25. The molecule has 3 N–H and O–H groups in total. The lowest BCUT2D eigenvalue weighted by Gasteiger charge is -2.24. The molecule has 10 nitrogen and oxygen atoms in total. The molecule has 1 aliphatic rings. The number of ether oxygens (including phenoxy) is 1. The van der Waals surface area contributed by atoms with Crippen molar-refractivity contribution in [2.75, 3.05) is 43.4 Å². The second kappa shape index (κ2) is 14.1. The number of rotatable bonds is 15. The number of fused-ring (bicyclic) bond motifs is 2. The minimum absolute atomic E-state index is 0.332. The summed E-state index contributed by atoms with van der Waals surface area (Å²) in [5, 5.41) is 16.5. The lowest BCUT2D eigenvalue weighted by atomic mass is 10.1. The average Bonchev–Trinajstić information content (AvgIpc) is 3.31. The smallest absolute Gasteiger partial charge is 0.326 e. The molecule has 0 radical (unpaired) electrons. The number of nitrogens with zero attached hydrogens (tertiary/aromatic N) is 5. The Balaban J connectivity index is 1.17. The molecule has 0 amide bonds. The van der Waals surface area contributed by atoms with Gasteiger partial charge in [-0.15, -0.1) is 0 Å². The van der Waals surface area contributed by atoms with E-state index in [0.29, 0.717) is 37.8 Å². The molecule has 5 rings (SSSR count). The average molecular weight is 576 g/mol. The molecule has 3 aromatic heterocycles. The number of carboxylic acids is 1. The van der Waals surface area contributed by atoms with Crippen molar-refractivity contribution in [3.05, 3.63) is 71.9 Å². The highest BCUT2D eigenvalue weighted by molar-refractivity contribution is 5.81. The Morgan fingerprint density at radius 3 is 2.88 bits per heavy atom. The highest BCUT2D eigenvalue weighted by Crippen LogP contribution is 2.21. The van der Waals surface area contributed by atoms with E-state index in [1.807, 2.05) is 35.9 Å². The summed E-state index contributed by atoms with van der Waals surface area (Å²) in [6.45, 7) is 3.18. The molecule has 4 aromatic rings. The third-order valence-corrected chi connectivity index (χ3v) is 7.59. The van der Waals surface area contributed by atoms with Crippen molar-refractivity contribution in [2.45, 2.75) is 44.6 Å². The van der Waals surface area contributed by atoms with E-state index in [1.54, 1.807) is 0 Å². The van der Waals surface area contributed by atoms with Crippen molar-refractivity contribution in [1.82, 2.24) is 24.4 Å². The van der Waals surface area contributed by atoms with Crippen LogP contribution in [0.15, 0.2) is 54.9 Å². The number of imidazole rings is 1. The van der Waals surface area contributed by atoms with Crippen molar-refractivity contribution in [2.24, 2.45) is 7.05 Å². The van der Waals surface area contributed by atoms with Gasteiger partial charge in [0.15, 0.2) is 0 Å². The van der Waals surface area contributed by atoms with Crippen LogP contribution in [-0.2, 0) is 24.7 Å². The zero-order valence-electron chi connectivity index (χ0n) is 23.9. The maximum atomic E-state index is 13.5. The van der Waals surface area contributed by atoms with Gasteiger partial charge in [0.1, 0.15) is 30.0 Å². The Labute approximate surface area is 245 Å². The molecule has 222 valence electrons. The normalized spacial score (nSPS) is 13.5. The van der Waals surface area contributed by atoms with E-state index in [1.165, 1.54) is 17.8 Å². The van der Waals surface area contributed by atoms with Crippen molar-refractivity contribution in [3.63, 3.8) is 0 Å². The topological polar surface area (TPSA) is 117 Å². The largest absolute Gasteiger partial charge is 0.491 e. The van der Waals surface area contributed by atoms with Crippen LogP contribution in [0, 0.1) is 5.82 Å². The van der Waals surface area contributed by atoms with E-state index in [0.717, 1.165) is 73.9 Å². The molecule has 42 heavy (non-hydrogen) atoms. The van der Waals surface area contributed by atoms with Gasteiger partial charge in [-0.1, -0.05) is 18.2 Å². The number of carbonyl (C=O) groups is 1. The van der Waals surface area contributed by atoms with Crippen molar-refractivity contribution >= 4 is 28.8 Å². The van der Waals surface area contributed by atoms with Crippen LogP contribution in [0.3, 0.4) is 0 Å². The number of halogens is 1. The molecule has 0 bridgehead atoms. The first kappa shape index (κ1) is 29.2. The summed E-state index contributed by atoms with van der Waals surface area (Å²) in [5.74, 6) is 0.513. The number of pyridine rings is 2. The SMILES string of the molecule is Cn1c(N[C@@H](CCN(CCCCc2ccc3c(n2)NCCC3)CCOc2cncc(F)c2)C(=O)O)nc2ccccc21. The fourth-order valence-corrected chi connectivity index (χ4v) is 5.25. The number of benzene rings is 1. The second-order valence-electron chi connectivity index (χ2n) is 10.6. The molecule has 0 fully saturated rings. The van der Waals surface area contributed by atoms with Gasteiger partial charge >= 0.3 is 5.97 Å². The zero-order chi connectivity index (χ0) is 29.3. The number of carboxylic acid groups (broad SMARTS) is 1. The van der Waals surface area contributed by atoms with Crippen molar-refractivity contribution < 1.29 is 19.0 Å². The van der Waals surface area contributed by atoms with Gasteiger partial charge in [0.25, 0.3) is 0 Å². The van der Waals surface area contributed by atoms with Crippen LogP contribution in [0.2, 0.25) is 0 Å². The molecule has 11 heteroatoms. The van der Waals surface area contributed by atoms with Crippen LogP contribution >= 0.6 is 0 Å². The highest BCUT2D eigenvalue weighted by atomic mass is 19.1. The number of nitrogens with one attached hydrogen (secondary N) is 2. The van der Waals surface area contributed by atoms with E-state index in [4.69, 9.17) is 9.72 Å². The number of aryl methyl sites for hydroxylation is 3. The molecule has 1 atom stereocenters. The van der Waals surface area contributed by atoms with Crippen LogP contribution in [0.5, 0.6) is 5.75 Å². The lowest BCUT2D eigenvalue weighted by Crippen LogP contribution is -2.37. The van der Waals surface area contributed by atoms with E-state index in [9.17, 15) is 14.3 Å². The van der Waals surface area contributed by atoms with Gasteiger partial charge in [-0.05, 0) is 68.8 Å². The van der Waals surface area contributed by atoms with E-state index in [-0.39, 0.29) is 0 Å². The second-order valence-corrected chi connectivity index (χ2v) is 10.6. The summed E-state index contributed by atoms with van der Waals surface area (Å²) in [5.41, 5.74) is 4.10.